The number of rotatable bonds is 3. The van der Waals surface area contributed by atoms with Gasteiger partial charge in [-0.25, -0.2) is 4.98 Å². The number of hydrogen-bond acceptors (Lipinski definition) is 4. The molecular formula is C13H19N3O2. The Hall–Kier alpha value is -1.62. The van der Waals surface area contributed by atoms with Gasteiger partial charge in [-0.2, -0.15) is 0 Å². The number of carbonyl (C=O) groups excluding carboxylic acids is 1. The third kappa shape index (κ3) is 2.98. The van der Waals surface area contributed by atoms with Gasteiger partial charge in [0, 0.05) is 30.9 Å². The zero-order chi connectivity index (χ0) is 13.0. The van der Waals surface area contributed by atoms with Gasteiger partial charge in [0.1, 0.15) is 5.82 Å². The second-order valence-corrected chi connectivity index (χ2v) is 4.32. The molecule has 0 unspecified atom stereocenters. The Morgan fingerprint density at radius 1 is 1.44 bits per heavy atom. The molecular weight excluding hydrogens is 230 g/mol. The van der Waals surface area contributed by atoms with Gasteiger partial charge in [0.05, 0.1) is 13.2 Å². The molecule has 0 aromatic carbocycles. The van der Waals surface area contributed by atoms with Crippen LogP contribution in [0.25, 0.3) is 0 Å². The molecule has 5 heteroatoms. The lowest BCUT2D eigenvalue weighted by Crippen LogP contribution is -2.40. The quantitative estimate of drug-likeness (QED) is 0.877. The van der Waals surface area contributed by atoms with Crippen molar-refractivity contribution in [3.05, 3.63) is 23.4 Å². The zero-order valence-corrected chi connectivity index (χ0v) is 10.9. The smallest absolute Gasteiger partial charge is 0.254 e. The van der Waals surface area contributed by atoms with Gasteiger partial charge in [0.25, 0.3) is 5.91 Å². The molecule has 0 saturated carbocycles. The van der Waals surface area contributed by atoms with Crippen molar-refractivity contribution in [2.24, 2.45) is 0 Å². The molecule has 0 aliphatic carbocycles. The summed E-state index contributed by atoms with van der Waals surface area (Å²) in [6, 6.07) is 3.65. The lowest BCUT2D eigenvalue weighted by atomic mass is 10.2. The van der Waals surface area contributed by atoms with Crippen LogP contribution in [0.4, 0.5) is 5.82 Å². The normalized spacial score (nSPS) is 15.6. The second-order valence-electron chi connectivity index (χ2n) is 4.32. The first-order valence-electron chi connectivity index (χ1n) is 6.30. The largest absolute Gasteiger partial charge is 0.378 e. The van der Waals surface area contributed by atoms with Crippen LogP contribution in [-0.4, -0.2) is 48.6 Å². The van der Waals surface area contributed by atoms with Gasteiger partial charge < -0.3 is 15.0 Å². The number of anilines is 1. The summed E-state index contributed by atoms with van der Waals surface area (Å²) in [6.07, 6.45) is 0. The van der Waals surface area contributed by atoms with E-state index in [1.165, 1.54) is 0 Å². The molecule has 1 N–H and O–H groups in total. The highest BCUT2D eigenvalue weighted by molar-refractivity contribution is 5.95. The first kappa shape index (κ1) is 12.8. The summed E-state index contributed by atoms with van der Waals surface area (Å²) in [5, 5.41) is 3.14. The van der Waals surface area contributed by atoms with Gasteiger partial charge in [-0.1, -0.05) is 0 Å². The van der Waals surface area contributed by atoms with Gasteiger partial charge in [-0.3, -0.25) is 4.79 Å². The first-order chi connectivity index (χ1) is 8.70. The van der Waals surface area contributed by atoms with E-state index in [-0.39, 0.29) is 5.91 Å². The predicted octanol–water partition coefficient (Wildman–Crippen LogP) is 1.29. The fraction of sp³-hybridized carbons (Fsp3) is 0.538. The summed E-state index contributed by atoms with van der Waals surface area (Å²) in [7, 11) is 0. The van der Waals surface area contributed by atoms with Crippen molar-refractivity contribution in [3.63, 3.8) is 0 Å². The number of pyridine rings is 1. The van der Waals surface area contributed by atoms with Crippen molar-refractivity contribution < 1.29 is 9.53 Å². The average Bonchev–Trinajstić information content (AvgIpc) is 2.38. The van der Waals surface area contributed by atoms with E-state index in [0.29, 0.717) is 31.9 Å². The highest BCUT2D eigenvalue weighted by Gasteiger charge is 2.19. The van der Waals surface area contributed by atoms with E-state index in [0.717, 1.165) is 18.1 Å². The minimum atomic E-state index is 0.0583. The van der Waals surface area contributed by atoms with Crippen molar-refractivity contribution in [3.8, 4) is 0 Å². The number of aryl methyl sites for hydroxylation is 1. The summed E-state index contributed by atoms with van der Waals surface area (Å²) in [5.74, 6) is 0.817. The molecule has 0 bridgehead atoms. The number of carbonyl (C=O) groups is 1. The fourth-order valence-electron chi connectivity index (χ4n) is 2.01. The molecule has 2 rings (SSSR count). The summed E-state index contributed by atoms with van der Waals surface area (Å²) in [6.45, 7) is 7.27. The molecule has 1 saturated heterocycles. The molecule has 1 fully saturated rings. The van der Waals surface area contributed by atoms with E-state index in [9.17, 15) is 4.79 Å². The van der Waals surface area contributed by atoms with Crippen LogP contribution in [0.1, 0.15) is 23.0 Å². The minimum absolute atomic E-state index is 0.0583. The Morgan fingerprint density at radius 2 is 2.17 bits per heavy atom. The monoisotopic (exact) mass is 249 g/mol. The van der Waals surface area contributed by atoms with E-state index >= 15 is 0 Å². The Kier molecular flexibility index (Phi) is 4.15. The highest BCUT2D eigenvalue weighted by Crippen LogP contribution is 2.13. The maximum Gasteiger partial charge on any atom is 0.254 e. The van der Waals surface area contributed by atoms with E-state index in [4.69, 9.17) is 4.74 Å². The van der Waals surface area contributed by atoms with Gasteiger partial charge in [0.2, 0.25) is 0 Å². The van der Waals surface area contributed by atoms with E-state index in [1.807, 2.05) is 30.9 Å². The number of amides is 1. The molecule has 1 amide bonds. The third-order valence-corrected chi connectivity index (χ3v) is 2.86. The summed E-state index contributed by atoms with van der Waals surface area (Å²) in [4.78, 5) is 18.5. The van der Waals surface area contributed by atoms with Crippen molar-refractivity contribution in [2.45, 2.75) is 13.8 Å². The Morgan fingerprint density at radius 3 is 2.83 bits per heavy atom. The van der Waals surface area contributed by atoms with Crippen molar-refractivity contribution in [1.29, 1.82) is 0 Å². The number of hydrogen-bond donors (Lipinski definition) is 1. The molecule has 0 atom stereocenters. The van der Waals surface area contributed by atoms with Crippen LogP contribution in [0.3, 0.4) is 0 Å². The van der Waals surface area contributed by atoms with Crippen LogP contribution in [0.15, 0.2) is 12.1 Å². The third-order valence-electron chi connectivity index (χ3n) is 2.86. The SMILES string of the molecule is CCNc1cc(C(=O)N2CCOCC2)cc(C)n1. The number of aromatic nitrogens is 1. The number of morpholine rings is 1. The van der Waals surface area contributed by atoms with Gasteiger partial charge in [-0.15, -0.1) is 0 Å². The standard InChI is InChI=1S/C13H19N3O2/c1-3-14-12-9-11(8-10(2)15-12)13(17)16-4-6-18-7-5-16/h8-9H,3-7H2,1-2H3,(H,14,15). The molecule has 1 aliphatic heterocycles. The van der Waals surface area contributed by atoms with Gasteiger partial charge >= 0.3 is 0 Å². The predicted molar refractivity (Wildman–Crippen MR) is 69.9 cm³/mol. The fourth-order valence-corrected chi connectivity index (χ4v) is 2.01. The molecule has 0 spiro atoms. The molecule has 98 valence electrons. The average molecular weight is 249 g/mol. The van der Waals surface area contributed by atoms with Crippen LogP contribution in [0.5, 0.6) is 0 Å². The lowest BCUT2D eigenvalue weighted by Gasteiger charge is -2.27. The topological polar surface area (TPSA) is 54.5 Å². The molecule has 18 heavy (non-hydrogen) atoms. The van der Waals surface area contributed by atoms with E-state index in [2.05, 4.69) is 10.3 Å². The van der Waals surface area contributed by atoms with Gasteiger partial charge in [0.15, 0.2) is 0 Å². The zero-order valence-electron chi connectivity index (χ0n) is 10.9. The maximum atomic E-state index is 12.3. The number of nitrogens with zero attached hydrogens (tertiary/aromatic N) is 2. The summed E-state index contributed by atoms with van der Waals surface area (Å²) < 4.78 is 5.25. The molecule has 1 aromatic rings. The van der Waals surface area contributed by atoms with E-state index < -0.39 is 0 Å². The summed E-state index contributed by atoms with van der Waals surface area (Å²) in [5.41, 5.74) is 1.55. The number of nitrogens with one attached hydrogen (secondary N) is 1. The maximum absolute atomic E-state index is 12.3. The highest BCUT2D eigenvalue weighted by atomic mass is 16.5. The molecule has 5 nitrogen and oxygen atoms in total. The van der Waals surface area contributed by atoms with Gasteiger partial charge in [-0.05, 0) is 26.0 Å². The van der Waals surface area contributed by atoms with Crippen molar-refractivity contribution >= 4 is 11.7 Å². The van der Waals surface area contributed by atoms with E-state index in [1.54, 1.807) is 0 Å². The minimum Gasteiger partial charge on any atom is -0.378 e. The van der Waals surface area contributed by atoms with Crippen LogP contribution in [0.2, 0.25) is 0 Å². The van der Waals surface area contributed by atoms with Crippen LogP contribution >= 0.6 is 0 Å². The van der Waals surface area contributed by atoms with Crippen LogP contribution in [0, 0.1) is 6.92 Å². The Bertz CT molecular complexity index is 428. The van der Waals surface area contributed by atoms with Crippen molar-refractivity contribution in [2.75, 3.05) is 38.2 Å². The van der Waals surface area contributed by atoms with Crippen LogP contribution in [-0.2, 0) is 4.74 Å². The summed E-state index contributed by atoms with van der Waals surface area (Å²) >= 11 is 0. The Labute approximate surface area is 107 Å². The molecule has 1 aromatic heterocycles. The molecule has 2 heterocycles. The Balaban J connectivity index is 2.18. The van der Waals surface area contributed by atoms with Crippen LogP contribution < -0.4 is 5.32 Å². The molecule has 0 radical (unpaired) electrons. The first-order valence-corrected chi connectivity index (χ1v) is 6.30. The molecule has 1 aliphatic rings. The van der Waals surface area contributed by atoms with Crippen molar-refractivity contribution in [1.82, 2.24) is 9.88 Å². The second kappa shape index (κ2) is 5.82. The lowest BCUT2D eigenvalue weighted by molar-refractivity contribution is 0.0303. The number of ether oxygens (including phenoxy) is 1.